The van der Waals surface area contributed by atoms with Crippen molar-refractivity contribution in [3.05, 3.63) is 11.9 Å². The van der Waals surface area contributed by atoms with Gasteiger partial charge in [0.2, 0.25) is 0 Å². The maximum atomic E-state index is 4.24. The van der Waals surface area contributed by atoms with Crippen molar-refractivity contribution < 1.29 is 0 Å². The van der Waals surface area contributed by atoms with Crippen LogP contribution in [0.4, 0.5) is 0 Å². The van der Waals surface area contributed by atoms with Gasteiger partial charge in [0.1, 0.15) is 0 Å². The van der Waals surface area contributed by atoms with E-state index in [0.717, 1.165) is 36.4 Å². The predicted molar refractivity (Wildman–Crippen MR) is 71.1 cm³/mol. The highest BCUT2D eigenvalue weighted by Crippen LogP contribution is 2.59. The van der Waals surface area contributed by atoms with E-state index in [1.807, 2.05) is 7.05 Å². The summed E-state index contributed by atoms with van der Waals surface area (Å²) in [6.45, 7) is 3.36. The molecule has 0 bridgehead atoms. The van der Waals surface area contributed by atoms with Crippen LogP contribution < -0.4 is 5.32 Å². The van der Waals surface area contributed by atoms with Crippen LogP contribution in [0.2, 0.25) is 0 Å². The molecule has 1 aromatic rings. The first-order valence-electron chi connectivity index (χ1n) is 7.38. The quantitative estimate of drug-likeness (QED) is 0.834. The van der Waals surface area contributed by atoms with Gasteiger partial charge in [-0.3, -0.25) is 4.68 Å². The van der Waals surface area contributed by atoms with E-state index in [4.69, 9.17) is 0 Å². The number of fused-ring (bicyclic) bond motifs is 1. The molecule has 0 aromatic carbocycles. The van der Waals surface area contributed by atoms with E-state index in [2.05, 4.69) is 28.7 Å². The summed E-state index contributed by atoms with van der Waals surface area (Å²) in [6.07, 6.45) is 8.68. The standard InChI is InChI=1S/C14H24N4/c1-3-7-15-13(8-10-9-18(2)17-16-10)14-11-5-4-6-12(11)14/h9,11-15H,3-8H2,1-2H3. The molecule has 2 fully saturated rings. The third-order valence-electron chi connectivity index (χ3n) is 4.67. The summed E-state index contributed by atoms with van der Waals surface area (Å²) in [7, 11) is 1.94. The smallest absolute Gasteiger partial charge is 0.0842 e. The molecule has 0 amide bonds. The average molecular weight is 248 g/mol. The fraction of sp³-hybridized carbons (Fsp3) is 0.857. The second-order valence-corrected chi connectivity index (χ2v) is 5.98. The Balaban J connectivity index is 1.62. The molecule has 2 saturated carbocycles. The lowest BCUT2D eigenvalue weighted by Crippen LogP contribution is -2.35. The molecule has 0 spiro atoms. The van der Waals surface area contributed by atoms with Crippen LogP contribution >= 0.6 is 0 Å². The number of aromatic nitrogens is 3. The minimum atomic E-state index is 0.622. The zero-order chi connectivity index (χ0) is 12.5. The van der Waals surface area contributed by atoms with Crippen molar-refractivity contribution in [2.24, 2.45) is 24.8 Å². The maximum Gasteiger partial charge on any atom is 0.0842 e. The summed E-state index contributed by atoms with van der Waals surface area (Å²) < 4.78 is 1.81. The van der Waals surface area contributed by atoms with Crippen molar-refractivity contribution in [2.75, 3.05) is 6.54 Å². The molecule has 100 valence electrons. The molecule has 3 unspecified atom stereocenters. The van der Waals surface area contributed by atoms with Crippen molar-refractivity contribution in [3.63, 3.8) is 0 Å². The number of aryl methyl sites for hydroxylation is 1. The van der Waals surface area contributed by atoms with Crippen LogP contribution in [0.3, 0.4) is 0 Å². The lowest BCUT2D eigenvalue weighted by molar-refractivity contribution is 0.400. The highest BCUT2D eigenvalue weighted by molar-refractivity contribution is 5.09. The molecule has 3 rings (SSSR count). The Kier molecular flexibility index (Phi) is 3.37. The van der Waals surface area contributed by atoms with Gasteiger partial charge in [-0.05, 0) is 43.6 Å². The number of nitrogens with one attached hydrogen (secondary N) is 1. The Hall–Kier alpha value is -0.900. The van der Waals surface area contributed by atoms with Gasteiger partial charge in [-0.15, -0.1) is 5.10 Å². The first kappa shape index (κ1) is 12.2. The van der Waals surface area contributed by atoms with Crippen LogP contribution in [0.1, 0.15) is 38.3 Å². The van der Waals surface area contributed by atoms with Gasteiger partial charge >= 0.3 is 0 Å². The molecule has 0 saturated heterocycles. The molecule has 1 heterocycles. The number of hydrogen-bond acceptors (Lipinski definition) is 3. The monoisotopic (exact) mass is 248 g/mol. The first-order chi connectivity index (χ1) is 8.79. The van der Waals surface area contributed by atoms with E-state index in [0.29, 0.717) is 6.04 Å². The van der Waals surface area contributed by atoms with Gasteiger partial charge in [0, 0.05) is 25.7 Å². The van der Waals surface area contributed by atoms with E-state index >= 15 is 0 Å². The Morgan fingerprint density at radius 2 is 2.22 bits per heavy atom. The van der Waals surface area contributed by atoms with Crippen LogP contribution in [-0.4, -0.2) is 27.6 Å². The van der Waals surface area contributed by atoms with Crippen LogP contribution in [0.5, 0.6) is 0 Å². The van der Waals surface area contributed by atoms with Gasteiger partial charge < -0.3 is 5.32 Å². The molecule has 18 heavy (non-hydrogen) atoms. The van der Waals surface area contributed by atoms with Crippen molar-refractivity contribution in [1.29, 1.82) is 0 Å². The van der Waals surface area contributed by atoms with Crippen LogP contribution in [0, 0.1) is 17.8 Å². The summed E-state index contributed by atoms with van der Waals surface area (Å²) >= 11 is 0. The Morgan fingerprint density at radius 3 is 2.83 bits per heavy atom. The minimum absolute atomic E-state index is 0.622. The van der Waals surface area contributed by atoms with Crippen molar-refractivity contribution in [3.8, 4) is 0 Å². The van der Waals surface area contributed by atoms with Gasteiger partial charge in [-0.2, -0.15) is 0 Å². The molecule has 0 aliphatic heterocycles. The zero-order valence-corrected chi connectivity index (χ0v) is 11.5. The molecule has 0 radical (unpaired) electrons. The van der Waals surface area contributed by atoms with Crippen molar-refractivity contribution in [2.45, 2.75) is 45.1 Å². The van der Waals surface area contributed by atoms with E-state index in [1.165, 1.54) is 25.7 Å². The molecular weight excluding hydrogens is 224 g/mol. The van der Waals surface area contributed by atoms with Crippen LogP contribution in [-0.2, 0) is 13.5 Å². The zero-order valence-electron chi connectivity index (χ0n) is 11.5. The SMILES string of the molecule is CCCNC(Cc1cn(C)nn1)C1C2CCCC21. The van der Waals surface area contributed by atoms with Gasteiger partial charge in [-0.25, -0.2) is 0 Å². The predicted octanol–water partition coefficient (Wildman–Crippen LogP) is 1.77. The molecular formula is C14H24N4. The number of nitrogens with zero attached hydrogens (tertiary/aromatic N) is 3. The topological polar surface area (TPSA) is 42.7 Å². The van der Waals surface area contributed by atoms with E-state index in [-0.39, 0.29) is 0 Å². The first-order valence-corrected chi connectivity index (χ1v) is 7.38. The van der Waals surface area contributed by atoms with Gasteiger partial charge in [0.05, 0.1) is 5.69 Å². The minimum Gasteiger partial charge on any atom is -0.313 e. The fourth-order valence-corrected chi connectivity index (χ4v) is 3.86. The number of hydrogen-bond donors (Lipinski definition) is 1. The normalized spacial score (nSPS) is 31.3. The lowest BCUT2D eigenvalue weighted by atomic mass is 10.00. The highest BCUT2D eigenvalue weighted by atomic mass is 15.4. The molecule has 1 aromatic heterocycles. The Morgan fingerprint density at radius 1 is 1.44 bits per heavy atom. The lowest BCUT2D eigenvalue weighted by Gasteiger charge is -2.19. The van der Waals surface area contributed by atoms with E-state index < -0.39 is 0 Å². The third kappa shape index (κ3) is 2.30. The Bertz CT molecular complexity index is 390. The van der Waals surface area contributed by atoms with Crippen LogP contribution in [0.25, 0.3) is 0 Å². The molecule has 2 aliphatic carbocycles. The summed E-state index contributed by atoms with van der Waals surface area (Å²) in [5, 5.41) is 12.0. The average Bonchev–Trinajstić information content (AvgIpc) is 2.74. The third-order valence-corrected chi connectivity index (χ3v) is 4.67. The van der Waals surface area contributed by atoms with E-state index in [9.17, 15) is 0 Å². The molecule has 4 nitrogen and oxygen atoms in total. The summed E-state index contributed by atoms with van der Waals surface area (Å²) in [5.41, 5.74) is 1.14. The summed E-state index contributed by atoms with van der Waals surface area (Å²) in [5.74, 6) is 2.93. The molecule has 4 heteroatoms. The summed E-state index contributed by atoms with van der Waals surface area (Å²) in [6, 6.07) is 0.622. The number of rotatable bonds is 6. The van der Waals surface area contributed by atoms with Gasteiger partial charge in [0.25, 0.3) is 0 Å². The largest absolute Gasteiger partial charge is 0.313 e. The second kappa shape index (κ2) is 5.00. The van der Waals surface area contributed by atoms with E-state index in [1.54, 1.807) is 4.68 Å². The molecule has 1 N–H and O–H groups in total. The van der Waals surface area contributed by atoms with Gasteiger partial charge in [0.15, 0.2) is 0 Å². The highest BCUT2D eigenvalue weighted by Gasteiger charge is 2.55. The fourth-order valence-electron chi connectivity index (χ4n) is 3.86. The van der Waals surface area contributed by atoms with Crippen molar-refractivity contribution >= 4 is 0 Å². The summed E-state index contributed by atoms with van der Waals surface area (Å²) in [4.78, 5) is 0. The second-order valence-electron chi connectivity index (χ2n) is 5.98. The molecule has 3 atom stereocenters. The van der Waals surface area contributed by atoms with Crippen LogP contribution in [0.15, 0.2) is 6.20 Å². The van der Waals surface area contributed by atoms with Crippen molar-refractivity contribution in [1.82, 2.24) is 20.3 Å². The Labute approximate surface area is 109 Å². The maximum absolute atomic E-state index is 4.24. The van der Waals surface area contributed by atoms with Gasteiger partial charge in [-0.1, -0.05) is 18.6 Å². The molecule has 2 aliphatic rings.